The molecule has 2 aromatic rings. The number of nitrogens with one attached hydrogen (secondary N) is 1. The maximum absolute atomic E-state index is 12.7. The van der Waals surface area contributed by atoms with Crippen molar-refractivity contribution in [3.05, 3.63) is 50.3 Å². The first-order chi connectivity index (χ1) is 11.7. The molecule has 0 spiro atoms. The Morgan fingerprint density at radius 3 is 2.84 bits per heavy atom. The minimum atomic E-state index is -3.96. The Morgan fingerprint density at radius 2 is 2.16 bits per heavy atom. The summed E-state index contributed by atoms with van der Waals surface area (Å²) in [6.07, 6.45) is 3.96. The number of nitro groups is 1. The predicted octanol–water partition coefficient (Wildman–Crippen LogP) is 2.65. The summed E-state index contributed by atoms with van der Waals surface area (Å²) in [5, 5.41) is 15.4. The summed E-state index contributed by atoms with van der Waals surface area (Å²) in [4.78, 5) is 10.3. The van der Waals surface area contributed by atoms with E-state index in [1.807, 2.05) is 7.05 Å². The lowest BCUT2D eigenvalue weighted by molar-refractivity contribution is -0.385. The fourth-order valence-electron chi connectivity index (χ4n) is 3.07. The van der Waals surface area contributed by atoms with Crippen molar-refractivity contribution in [2.24, 2.45) is 7.05 Å². The van der Waals surface area contributed by atoms with Crippen molar-refractivity contribution in [1.29, 1.82) is 0 Å². The van der Waals surface area contributed by atoms with Gasteiger partial charge in [-0.3, -0.25) is 14.8 Å². The average molecular weight is 385 g/mol. The van der Waals surface area contributed by atoms with Gasteiger partial charge in [-0.05, 0) is 32.3 Å². The van der Waals surface area contributed by atoms with Crippen LogP contribution in [0.1, 0.15) is 35.7 Å². The van der Waals surface area contributed by atoms with E-state index in [2.05, 4.69) is 9.82 Å². The molecule has 1 atom stereocenters. The highest BCUT2D eigenvalue weighted by molar-refractivity contribution is 7.89. The number of rotatable bonds is 4. The molecular formula is C15H17ClN4O4S. The molecule has 0 aliphatic heterocycles. The minimum Gasteiger partial charge on any atom is -0.272 e. The summed E-state index contributed by atoms with van der Waals surface area (Å²) in [7, 11) is -2.15. The predicted molar refractivity (Wildman–Crippen MR) is 92.1 cm³/mol. The third-order valence-electron chi connectivity index (χ3n) is 4.47. The minimum absolute atomic E-state index is 0.0419. The summed E-state index contributed by atoms with van der Waals surface area (Å²) in [5.41, 5.74) is 1.74. The van der Waals surface area contributed by atoms with Crippen LogP contribution in [0.2, 0.25) is 5.02 Å². The first-order valence-electron chi connectivity index (χ1n) is 7.68. The number of benzene rings is 1. The topological polar surface area (TPSA) is 107 Å². The highest BCUT2D eigenvalue weighted by Gasteiger charge is 2.29. The Hall–Kier alpha value is -1.97. The highest BCUT2D eigenvalue weighted by Crippen LogP contribution is 2.33. The number of nitro benzene ring substituents is 1. The van der Waals surface area contributed by atoms with Crippen molar-refractivity contribution >= 4 is 27.3 Å². The zero-order chi connectivity index (χ0) is 18.4. The van der Waals surface area contributed by atoms with Crippen LogP contribution >= 0.6 is 11.6 Å². The van der Waals surface area contributed by atoms with E-state index in [1.54, 1.807) is 10.9 Å². The summed E-state index contributed by atoms with van der Waals surface area (Å²) >= 11 is 5.99. The molecule has 0 saturated heterocycles. The van der Waals surface area contributed by atoms with Gasteiger partial charge in [0.15, 0.2) is 0 Å². The number of halogens is 1. The van der Waals surface area contributed by atoms with Crippen LogP contribution in [0.4, 0.5) is 5.69 Å². The maximum atomic E-state index is 12.7. The fraction of sp³-hybridized carbons (Fsp3) is 0.400. The zero-order valence-electron chi connectivity index (χ0n) is 13.7. The van der Waals surface area contributed by atoms with Gasteiger partial charge in [0, 0.05) is 29.9 Å². The first kappa shape index (κ1) is 17.8. The summed E-state index contributed by atoms with van der Waals surface area (Å²) < 4.78 is 29.8. The molecule has 8 nitrogen and oxygen atoms in total. The Morgan fingerprint density at radius 1 is 1.44 bits per heavy atom. The second kappa shape index (κ2) is 6.40. The molecule has 1 aromatic carbocycles. The van der Waals surface area contributed by atoms with Gasteiger partial charge in [0.25, 0.3) is 5.69 Å². The van der Waals surface area contributed by atoms with Gasteiger partial charge in [-0.25, -0.2) is 13.1 Å². The molecule has 1 aromatic heterocycles. The van der Waals surface area contributed by atoms with Gasteiger partial charge in [0.1, 0.15) is 0 Å². The molecule has 0 amide bonds. The Bertz CT molecular complexity index is 955. The Balaban J connectivity index is 1.97. The van der Waals surface area contributed by atoms with Crippen LogP contribution in [0.15, 0.2) is 23.2 Å². The molecule has 0 saturated carbocycles. The zero-order valence-corrected chi connectivity index (χ0v) is 15.3. The summed E-state index contributed by atoms with van der Waals surface area (Å²) in [6, 6.07) is 1.86. The van der Waals surface area contributed by atoms with Gasteiger partial charge < -0.3 is 0 Å². The second-order valence-corrected chi connectivity index (χ2v) is 8.16. The highest BCUT2D eigenvalue weighted by atomic mass is 35.5. The molecule has 1 aliphatic carbocycles. The molecule has 10 heteroatoms. The van der Waals surface area contributed by atoms with Gasteiger partial charge in [-0.1, -0.05) is 11.6 Å². The SMILES string of the molecule is Cc1c(Cl)cc(S(=O)(=O)NC2CCCc3c2cnn3C)cc1[N+](=O)[O-]. The lowest BCUT2D eigenvalue weighted by atomic mass is 9.94. The van der Waals surface area contributed by atoms with Gasteiger partial charge in [0.05, 0.1) is 27.1 Å². The monoisotopic (exact) mass is 384 g/mol. The van der Waals surface area contributed by atoms with Crippen molar-refractivity contribution < 1.29 is 13.3 Å². The average Bonchev–Trinajstić information content (AvgIpc) is 2.92. The van der Waals surface area contributed by atoms with E-state index in [-0.39, 0.29) is 21.2 Å². The lowest BCUT2D eigenvalue weighted by Gasteiger charge is -2.23. The van der Waals surface area contributed by atoms with E-state index >= 15 is 0 Å². The molecular weight excluding hydrogens is 368 g/mol. The number of aromatic nitrogens is 2. The molecule has 1 aliphatic rings. The number of hydrogen-bond acceptors (Lipinski definition) is 5. The molecule has 25 heavy (non-hydrogen) atoms. The van der Waals surface area contributed by atoms with Crippen molar-refractivity contribution in [2.45, 2.75) is 37.1 Å². The van der Waals surface area contributed by atoms with Crippen molar-refractivity contribution in [1.82, 2.24) is 14.5 Å². The van der Waals surface area contributed by atoms with Gasteiger partial charge in [-0.2, -0.15) is 5.10 Å². The van der Waals surface area contributed by atoms with E-state index in [0.29, 0.717) is 6.42 Å². The van der Waals surface area contributed by atoms with Crippen LogP contribution < -0.4 is 4.72 Å². The molecule has 0 fully saturated rings. The standard InChI is InChI=1S/C15H17ClN4O4S/c1-9-12(16)6-10(7-15(9)20(21)22)25(23,24)18-13-4-3-5-14-11(13)8-17-19(14)2/h6-8,13,18H,3-5H2,1-2H3. The first-order valence-corrected chi connectivity index (χ1v) is 9.54. The molecule has 0 radical (unpaired) electrons. The van der Waals surface area contributed by atoms with E-state index < -0.39 is 21.0 Å². The van der Waals surface area contributed by atoms with E-state index in [9.17, 15) is 18.5 Å². The van der Waals surface area contributed by atoms with Crippen molar-refractivity contribution in [3.63, 3.8) is 0 Å². The van der Waals surface area contributed by atoms with E-state index in [4.69, 9.17) is 11.6 Å². The molecule has 134 valence electrons. The van der Waals surface area contributed by atoms with Crippen LogP contribution in [0.3, 0.4) is 0 Å². The largest absolute Gasteiger partial charge is 0.275 e. The van der Waals surface area contributed by atoms with Crippen LogP contribution in [0.25, 0.3) is 0 Å². The van der Waals surface area contributed by atoms with Crippen molar-refractivity contribution in [3.8, 4) is 0 Å². The number of hydrogen-bond donors (Lipinski definition) is 1. The lowest BCUT2D eigenvalue weighted by Crippen LogP contribution is -2.31. The molecule has 1 heterocycles. The number of sulfonamides is 1. The number of nitrogens with zero attached hydrogens (tertiary/aromatic N) is 3. The van der Waals surface area contributed by atoms with Crippen LogP contribution in [-0.4, -0.2) is 23.1 Å². The molecule has 1 unspecified atom stereocenters. The molecule has 1 N–H and O–H groups in total. The van der Waals surface area contributed by atoms with Gasteiger partial charge in [0.2, 0.25) is 10.0 Å². The van der Waals surface area contributed by atoms with E-state index in [0.717, 1.165) is 30.2 Å². The smallest absolute Gasteiger partial charge is 0.272 e. The molecule has 3 rings (SSSR count). The normalized spacial score (nSPS) is 17.3. The second-order valence-electron chi connectivity index (χ2n) is 6.04. The van der Waals surface area contributed by atoms with E-state index in [1.165, 1.54) is 13.0 Å². The van der Waals surface area contributed by atoms with Crippen LogP contribution in [0, 0.1) is 17.0 Å². The maximum Gasteiger partial charge on any atom is 0.275 e. The van der Waals surface area contributed by atoms with Gasteiger partial charge in [-0.15, -0.1) is 0 Å². The third-order valence-corrected chi connectivity index (χ3v) is 6.31. The quantitative estimate of drug-likeness (QED) is 0.644. The Labute approximate surface area is 150 Å². The summed E-state index contributed by atoms with van der Waals surface area (Å²) in [6.45, 7) is 1.48. The van der Waals surface area contributed by atoms with Crippen molar-refractivity contribution in [2.75, 3.05) is 0 Å². The number of aryl methyl sites for hydroxylation is 1. The number of fused-ring (bicyclic) bond motifs is 1. The third kappa shape index (κ3) is 3.26. The van der Waals surface area contributed by atoms with Crippen LogP contribution in [-0.2, 0) is 23.5 Å². The molecule has 0 bridgehead atoms. The summed E-state index contributed by atoms with van der Waals surface area (Å²) in [5.74, 6) is 0. The Kier molecular flexibility index (Phi) is 4.56. The van der Waals surface area contributed by atoms with Gasteiger partial charge >= 0.3 is 0 Å². The fourth-order valence-corrected chi connectivity index (χ4v) is 4.64. The van der Waals surface area contributed by atoms with Crippen LogP contribution in [0.5, 0.6) is 0 Å².